The Morgan fingerprint density at radius 2 is 2.00 bits per heavy atom. The molecule has 1 aliphatic rings. The summed E-state index contributed by atoms with van der Waals surface area (Å²) in [5.74, 6) is 1.77. The second-order valence-corrected chi connectivity index (χ2v) is 7.19. The normalized spacial score (nSPS) is 15.6. The molecule has 122 valence electrons. The number of carbonyl (C=O) groups excluding carboxylic acids is 1. The van der Waals surface area contributed by atoms with Crippen molar-refractivity contribution in [1.82, 2.24) is 4.90 Å². The molecule has 0 atom stereocenters. The summed E-state index contributed by atoms with van der Waals surface area (Å²) in [6, 6.07) is 12.2. The Kier molecular flexibility index (Phi) is 5.34. The van der Waals surface area contributed by atoms with Gasteiger partial charge in [0.2, 0.25) is 5.91 Å². The number of thiophene rings is 1. The van der Waals surface area contributed by atoms with Crippen LogP contribution in [0.4, 0.5) is 0 Å². The lowest BCUT2D eigenvalue weighted by atomic mass is 9.97. The van der Waals surface area contributed by atoms with Crippen LogP contribution in [0.15, 0.2) is 41.8 Å². The Labute approximate surface area is 141 Å². The van der Waals surface area contributed by atoms with Crippen LogP contribution in [-0.2, 0) is 11.2 Å². The predicted molar refractivity (Wildman–Crippen MR) is 94.0 cm³/mol. The van der Waals surface area contributed by atoms with Crippen LogP contribution in [0.2, 0.25) is 0 Å². The molecule has 0 aliphatic carbocycles. The highest BCUT2D eigenvalue weighted by Crippen LogP contribution is 2.22. The van der Waals surface area contributed by atoms with E-state index in [1.165, 1.54) is 5.56 Å². The molecule has 1 fully saturated rings. The van der Waals surface area contributed by atoms with Crippen molar-refractivity contribution in [3.8, 4) is 5.75 Å². The van der Waals surface area contributed by atoms with Crippen molar-refractivity contribution in [2.75, 3.05) is 19.7 Å². The first kappa shape index (κ1) is 16.1. The number of benzene rings is 1. The summed E-state index contributed by atoms with van der Waals surface area (Å²) in [5, 5.41) is 2.03. The molecule has 0 radical (unpaired) electrons. The average molecular weight is 329 g/mol. The molecule has 0 bridgehead atoms. The van der Waals surface area contributed by atoms with Crippen molar-refractivity contribution in [3.05, 3.63) is 52.2 Å². The molecule has 0 spiro atoms. The monoisotopic (exact) mass is 329 g/mol. The van der Waals surface area contributed by atoms with Crippen LogP contribution in [0.1, 0.15) is 23.3 Å². The minimum Gasteiger partial charge on any atom is -0.493 e. The zero-order chi connectivity index (χ0) is 16.1. The first-order valence-electron chi connectivity index (χ1n) is 8.21. The Morgan fingerprint density at radius 1 is 1.22 bits per heavy atom. The molecule has 1 aromatic heterocycles. The Bertz CT molecular complexity index is 631. The van der Waals surface area contributed by atoms with E-state index >= 15 is 0 Å². The topological polar surface area (TPSA) is 29.5 Å². The molecule has 2 aromatic rings. The molecule has 0 N–H and O–H groups in total. The highest BCUT2D eigenvalue weighted by atomic mass is 32.1. The van der Waals surface area contributed by atoms with Crippen LogP contribution >= 0.6 is 11.3 Å². The van der Waals surface area contributed by atoms with Crippen molar-refractivity contribution >= 4 is 17.2 Å². The fraction of sp³-hybridized carbons (Fsp3) is 0.421. The van der Waals surface area contributed by atoms with Gasteiger partial charge in [0.15, 0.2) is 0 Å². The lowest BCUT2D eigenvalue weighted by molar-refractivity contribution is -0.131. The molecule has 23 heavy (non-hydrogen) atoms. The molecular weight excluding hydrogens is 306 g/mol. The van der Waals surface area contributed by atoms with Crippen LogP contribution in [-0.4, -0.2) is 30.5 Å². The fourth-order valence-electron chi connectivity index (χ4n) is 2.95. The number of amides is 1. The number of piperidine rings is 1. The van der Waals surface area contributed by atoms with Crippen molar-refractivity contribution < 1.29 is 9.53 Å². The maximum Gasteiger partial charge on any atom is 0.227 e. The standard InChI is InChI=1S/C19H23NO2S/c1-15-5-2-3-7-18(15)22-14-16-8-10-20(11-9-16)19(21)13-17-6-4-12-23-17/h2-7,12,16H,8-11,13-14H2,1H3. The number of ether oxygens (including phenoxy) is 1. The molecule has 1 aliphatic heterocycles. The largest absolute Gasteiger partial charge is 0.493 e. The van der Waals surface area contributed by atoms with Gasteiger partial charge in [-0.05, 0) is 48.8 Å². The number of hydrogen-bond donors (Lipinski definition) is 0. The maximum atomic E-state index is 12.3. The number of hydrogen-bond acceptors (Lipinski definition) is 3. The minimum absolute atomic E-state index is 0.255. The quantitative estimate of drug-likeness (QED) is 0.832. The van der Waals surface area contributed by atoms with Crippen molar-refractivity contribution in [2.24, 2.45) is 5.92 Å². The number of aryl methyl sites for hydroxylation is 1. The van der Waals surface area contributed by atoms with Gasteiger partial charge in [-0.1, -0.05) is 24.3 Å². The fourth-order valence-corrected chi connectivity index (χ4v) is 3.64. The number of carbonyl (C=O) groups is 1. The van der Waals surface area contributed by atoms with E-state index in [0.29, 0.717) is 12.3 Å². The van der Waals surface area contributed by atoms with Gasteiger partial charge in [-0.3, -0.25) is 4.79 Å². The van der Waals surface area contributed by atoms with Gasteiger partial charge in [-0.2, -0.15) is 0 Å². The molecule has 4 heteroatoms. The Balaban J connectivity index is 1.43. The van der Waals surface area contributed by atoms with Crippen LogP contribution < -0.4 is 4.74 Å². The van der Waals surface area contributed by atoms with Gasteiger partial charge in [0.05, 0.1) is 13.0 Å². The van der Waals surface area contributed by atoms with Gasteiger partial charge in [0, 0.05) is 18.0 Å². The van der Waals surface area contributed by atoms with E-state index in [1.54, 1.807) is 11.3 Å². The molecule has 1 aromatic carbocycles. The summed E-state index contributed by atoms with van der Waals surface area (Å²) in [7, 11) is 0. The Morgan fingerprint density at radius 3 is 2.70 bits per heavy atom. The second kappa shape index (κ2) is 7.64. The zero-order valence-electron chi connectivity index (χ0n) is 13.5. The molecular formula is C19H23NO2S. The van der Waals surface area contributed by atoms with Crippen LogP contribution in [0.3, 0.4) is 0 Å². The van der Waals surface area contributed by atoms with Crippen LogP contribution in [0, 0.1) is 12.8 Å². The van der Waals surface area contributed by atoms with E-state index in [1.807, 2.05) is 40.6 Å². The minimum atomic E-state index is 0.255. The van der Waals surface area contributed by atoms with Crippen LogP contribution in [0.5, 0.6) is 5.75 Å². The summed E-state index contributed by atoms with van der Waals surface area (Å²) in [6.07, 6.45) is 2.60. The summed E-state index contributed by atoms with van der Waals surface area (Å²) in [6.45, 7) is 4.52. The molecule has 0 unspecified atom stereocenters. The van der Waals surface area contributed by atoms with Crippen molar-refractivity contribution in [3.63, 3.8) is 0 Å². The number of rotatable bonds is 5. The average Bonchev–Trinajstić information content (AvgIpc) is 3.07. The molecule has 3 rings (SSSR count). The summed E-state index contributed by atoms with van der Waals surface area (Å²) >= 11 is 1.66. The molecule has 0 saturated carbocycles. The van der Waals surface area contributed by atoms with E-state index in [0.717, 1.165) is 43.2 Å². The summed E-state index contributed by atoms with van der Waals surface area (Å²) < 4.78 is 5.96. The number of para-hydroxylation sites is 1. The second-order valence-electron chi connectivity index (χ2n) is 6.16. The maximum absolute atomic E-state index is 12.3. The molecule has 2 heterocycles. The molecule has 1 amide bonds. The highest BCUT2D eigenvalue weighted by molar-refractivity contribution is 7.10. The van der Waals surface area contributed by atoms with Gasteiger partial charge >= 0.3 is 0 Å². The SMILES string of the molecule is Cc1ccccc1OCC1CCN(C(=O)Cc2cccs2)CC1. The molecule has 1 saturated heterocycles. The van der Waals surface area contributed by atoms with E-state index in [9.17, 15) is 4.79 Å². The zero-order valence-corrected chi connectivity index (χ0v) is 14.3. The summed E-state index contributed by atoms with van der Waals surface area (Å²) in [5.41, 5.74) is 1.18. The van der Waals surface area contributed by atoms with Crippen molar-refractivity contribution in [2.45, 2.75) is 26.2 Å². The third kappa shape index (κ3) is 4.35. The van der Waals surface area contributed by atoms with Gasteiger partial charge < -0.3 is 9.64 Å². The van der Waals surface area contributed by atoms with E-state index < -0.39 is 0 Å². The Hall–Kier alpha value is -1.81. The molecule has 3 nitrogen and oxygen atoms in total. The number of nitrogens with zero attached hydrogens (tertiary/aromatic N) is 1. The van der Waals surface area contributed by atoms with Crippen LogP contribution in [0.25, 0.3) is 0 Å². The van der Waals surface area contributed by atoms with Gasteiger partial charge in [-0.25, -0.2) is 0 Å². The first-order chi connectivity index (χ1) is 11.2. The van der Waals surface area contributed by atoms with Crippen molar-refractivity contribution in [1.29, 1.82) is 0 Å². The smallest absolute Gasteiger partial charge is 0.227 e. The van der Waals surface area contributed by atoms with Gasteiger partial charge in [-0.15, -0.1) is 11.3 Å². The van der Waals surface area contributed by atoms with E-state index in [-0.39, 0.29) is 5.91 Å². The predicted octanol–water partition coefficient (Wildman–Crippen LogP) is 3.92. The highest BCUT2D eigenvalue weighted by Gasteiger charge is 2.23. The van der Waals surface area contributed by atoms with Gasteiger partial charge in [0.25, 0.3) is 0 Å². The third-order valence-electron chi connectivity index (χ3n) is 4.44. The lowest BCUT2D eigenvalue weighted by Crippen LogP contribution is -2.40. The summed E-state index contributed by atoms with van der Waals surface area (Å²) in [4.78, 5) is 15.5. The lowest BCUT2D eigenvalue weighted by Gasteiger charge is -2.32. The third-order valence-corrected chi connectivity index (χ3v) is 5.32. The van der Waals surface area contributed by atoms with Gasteiger partial charge in [0.1, 0.15) is 5.75 Å². The number of likely N-dealkylation sites (tertiary alicyclic amines) is 1. The first-order valence-corrected chi connectivity index (χ1v) is 9.09. The van der Waals surface area contributed by atoms with E-state index in [4.69, 9.17) is 4.74 Å². The van der Waals surface area contributed by atoms with E-state index in [2.05, 4.69) is 13.0 Å².